The van der Waals surface area contributed by atoms with Crippen LogP contribution in [0, 0.1) is 0 Å². The third kappa shape index (κ3) is 4.93. The third-order valence-corrected chi connectivity index (χ3v) is 11.6. The minimum atomic E-state index is -0.0698. The number of nitrogens with zero attached hydrogens (tertiary/aromatic N) is 2. The van der Waals surface area contributed by atoms with Gasteiger partial charge in [-0.2, -0.15) is 0 Å². The maximum atomic E-state index is 6.74. The maximum Gasteiger partial charge on any atom is 0.227 e. The highest BCUT2D eigenvalue weighted by atomic mass is 16.3. The summed E-state index contributed by atoms with van der Waals surface area (Å²) in [7, 11) is 0. The van der Waals surface area contributed by atoms with Crippen molar-refractivity contribution in [2.45, 2.75) is 19.3 Å². The zero-order valence-electron chi connectivity index (χ0n) is 30.6. The topological polar surface area (TPSA) is 29.3 Å². The molecule has 3 nitrogen and oxygen atoms in total. The van der Waals surface area contributed by atoms with Gasteiger partial charge >= 0.3 is 0 Å². The highest BCUT2D eigenvalue weighted by molar-refractivity contribution is 6.23. The Labute approximate surface area is 319 Å². The van der Waals surface area contributed by atoms with Crippen LogP contribution in [0.3, 0.4) is 0 Å². The number of para-hydroxylation sites is 1. The van der Waals surface area contributed by atoms with Crippen molar-refractivity contribution in [3.8, 4) is 33.7 Å². The minimum Gasteiger partial charge on any atom is -0.435 e. The first-order valence-electron chi connectivity index (χ1n) is 19.0. The molecule has 55 heavy (non-hydrogen) atoms. The second kappa shape index (κ2) is 12.0. The molecule has 1 heterocycles. The summed E-state index contributed by atoms with van der Waals surface area (Å²) in [4.78, 5) is 7.37. The van der Waals surface area contributed by atoms with Crippen LogP contribution in [0.2, 0.25) is 0 Å². The fraction of sp³-hybridized carbons (Fsp3) is 0.0577. The predicted octanol–water partition coefficient (Wildman–Crippen LogP) is 14.4. The van der Waals surface area contributed by atoms with E-state index in [2.05, 4.69) is 170 Å². The van der Waals surface area contributed by atoms with E-state index in [1.54, 1.807) is 0 Å². The van der Waals surface area contributed by atoms with E-state index < -0.39 is 0 Å². The Morgan fingerprint density at radius 1 is 0.455 bits per heavy atom. The van der Waals surface area contributed by atoms with Gasteiger partial charge in [0, 0.05) is 33.4 Å². The van der Waals surface area contributed by atoms with Crippen LogP contribution in [0.1, 0.15) is 25.0 Å². The fourth-order valence-corrected chi connectivity index (χ4v) is 8.90. The van der Waals surface area contributed by atoms with E-state index in [0.29, 0.717) is 5.89 Å². The van der Waals surface area contributed by atoms with Crippen molar-refractivity contribution in [2.24, 2.45) is 0 Å². The number of aromatic nitrogens is 1. The van der Waals surface area contributed by atoms with E-state index in [-0.39, 0.29) is 5.41 Å². The van der Waals surface area contributed by atoms with Crippen LogP contribution in [0.25, 0.3) is 77.1 Å². The van der Waals surface area contributed by atoms with E-state index in [1.807, 2.05) is 30.3 Å². The average Bonchev–Trinajstić information content (AvgIpc) is 3.77. The van der Waals surface area contributed by atoms with Crippen molar-refractivity contribution in [1.29, 1.82) is 0 Å². The van der Waals surface area contributed by atoms with Crippen LogP contribution in [0.15, 0.2) is 186 Å². The predicted molar refractivity (Wildman–Crippen MR) is 230 cm³/mol. The van der Waals surface area contributed by atoms with E-state index in [4.69, 9.17) is 9.40 Å². The molecule has 1 aromatic heterocycles. The second-order valence-electron chi connectivity index (χ2n) is 15.2. The van der Waals surface area contributed by atoms with Crippen LogP contribution in [-0.4, -0.2) is 4.98 Å². The highest BCUT2D eigenvalue weighted by Crippen LogP contribution is 2.50. The number of rotatable bonds is 5. The van der Waals surface area contributed by atoms with Gasteiger partial charge in [-0.3, -0.25) is 0 Å². The van der Waals surface area contributed by atoms with Crippen molar-refractivity contribution in [3.05, 3.63) is 193 Å². The van der Waals surface area contributed by atoms with E-state index in [9.17, 15) is 0 Å². The lowest BCUT2D eigenvalue weighted by Gasteiger charge is -2.27. The first-order valence-corrected chi connectivity index (χ1v) is 19.0. The van der Waals surface area contributed by atoms with Gasteiger partial charge < -0.3 is 9.32 Å². The molecular formula is C52H36N2O. The summed E-state index contributed by atoms with van der Waals surface area (Å²) in [6.45, 7) is 4.70. The van der Waals surface area contributed by atoms with Crippen molar-refractivity contribution in [1.82, 2.24) is 4.98 Å². The molecule has 0 saturated heterocycles. The Morgan fingerprint density at radius 3 is 1.89 bits per heavy atom. The number of benzene rings is 9. The van der Waals surface area contributed by atoms with E-state index in [1.165, 1.54) is 44.2 Å². The number of fused-ring (bicyclic) bond motifs is 9. The van der Waals surface area contributed by atoms with Crippen LogP contribution < -0.4 is 4.90 Å². The monoisotopic (exact) mass is 704 g/mol. The lowest BCUT2D eigenvalue weighted by Crippen LogP contribution is -2.14. The molecule has 9 aromatic carbocycles. The Balaban J connectivity index is 1.14. The molecule has 0 saturated carbocycles. The average molecular weight is 705 g/mol. The highest BCUT2D eigenvalue weighted by Gasteiger charge is 2.35. The SMILES string of the molecule is CC1(C)c2ccccc2-c2cc3ccc(N(c4ccccc4)c4ccc5cc(-c6ccccc6)c6ccc7nc(-c8ccccc8)oc7c6c5c4)cc3cc21. The lowest BCUT2D eigenvalue weighted by atomic mass is 9.82. The van der Waals surface area contributed by atoms with Gasteiger partial charge in [0.25, 0.3) is 0 Å². The molecule has 0 unspecified atom stereocenters. The van der Waals surface area contributed by atoms with Gasteiger partial charge in [0.2, 0.25) is 5.89 Å². The van der Waals surface area contributed by atoms with Crippen LogP contribution in [-0.2, 0) is 5.41 Å². The largest absolute Gasteiger partial charge is 0.435 e. The summed E-state index contributed by atoms with van der Waals surface area (Å²) in [6.07, 6.45) is 0. The zero-order valence-corrected chi connectivity index (χ0v) is 30.6. The minimum absolute atomic E-state index is 0.0698. The molecule has 0 atom stereocenters. The number of oxazole rings is 1. The van der Waals surface area contributed by atoms with Crippen molar-refractivity contribution >= 4 is 60.5 Å². The first-order chi connectivity index (χ1) is 27.0. The molecule has 10 aromatic rings. The molecule has 1 aliphatic carbocycles. The molecule has 3 heteroatoms. The first kappa shape index (κ1) is 31.5. The van der Waals surface area contributed by atoms with Gasteiger partial charge in [-0.05, 0) is 133 Å². The van der Waals surface area contributed by atoms with Crippen molar-refractivity contribution in [2.75, 3.05) is 4.90 Å². The Morgan fingerprint density at radius 2 is 1.11 bits per heavy atom. The van der Waals surface area contributed by atoms with Gasteiger partial charge in [-0.1, -0.05) is 123 Å². The second-order valence-corrected chi connectivity index (χ2v) is 15.2. The summed E-state index contributed by atoms with van der Waals surface area (Å²) >= 11 is 0. The molecule has 11 rings (SSSR count). The van der Waals surface area contributed by atoms with E-state index >= 15 is 0 Å². The Kier molecular flexibility index (Phi) is 6.90. The standard InChI is InChI=1S/C52H36N2O/c1-52(2)46-21-13-12-20-41(46)45-29-35-22-24-39(28-37(35)31-47(45)52)54(38-18-10-5-11-19-38)40-25-23-36-30-43(33-14-6-3-7-15-33)42-26-27-48-50(49(42)44(36)32-40)55-51(53-48)34-16-8-4-9-17-34/h3-32H,1-2H3. The molecule has 0 aliphatic heterocycles. The maximum absolute atomic E-state index is 6.74. The molecular weight excluding hydrogens is 669 g/mol. The van der Waals surface area contributed by atoms with Gasteiger partial charge in [-0.25, -0.2) is 4.98 Å². The summed E-state index contributed by atoms with van der Waals surface area (Å²) in [5.74, 6) is 0.623. The molecule has 0 bridgehead atoms. The summed E-state index contributed by atoms with van der Waals surface area (Å²) in [5, 5.41) is 6.93. The smallest absolute Gasteiger partial charge is 0.227 e. The zero-order chi connectivity index (χ0) is 36.7. The summed E-state index contributed by atoms with van der Waals surface area (Å²) in [5.41, 5.74) is 13.6. The summed E-state index contributed by atoms with van der Waals surface area (Å²) < 4.78 is 6.74. The molecule has 0 fully saturated rings. The summed E-state index contributed by atoms with van der Waals surface area (Å²) in [6, 6.07) is 65.5. The number of hydrogen-bond acceptors (Lipinski definition) is 3. The van der Waals surface area contributed by atoms with Gasteiger partial charge in [0.1, 0.15) is 5.52 Å². The van der Waals surface area contributed by atoms with Crippen LogP contribution in [0.5, 0.6) is 0 Å². The van der Waals surface area contributed by atoms with E-state index in [0.717, 1.165) is 55.3 Å². The fourth-order valence-electron chi connectivity index (χ4n) is 8.90. The Bertz CT molecular complexity index is 3110. The van der Waals surface area contributed by atoms with Crippen LogP contribution >= 0.6 is 0 Å². The van der Waals surface area contributed by atoms with Gasteiger partial charge in [0.15, 0.2) is 5.58 Å². The molecule has 0 radical (unpaired) electrons. The van der Waals surface area contributed by atoms with Gasteiger partial charge in [-0.15, -0.1) is 0 Å². The number of hydrogen-bond donors (Lipinski definition) is 0. The van der Waals surface area contributed by atoms with Gasteiger partial charge in [0.05, 0.1) is 0 Å². The molecule has 0 spiro atoms. The molecule has 0 N–H and O–H groups in total. The lowest BCUT2D eigenvalue weighted by molar-refractivity contribution is 0.623. The third-order valence-electron chi connectivity index (χ3n) is 11.6. The molecule has 260 valence electrons. The molecule has 0 amide bonds. The Hall–Kier alpha value is -6.97. The molecule has 1 aliphatic rings. The van der Waals surface area contributed by atoms with Crippen molar-refractivity contribution < 1.29 is 4.42 Å². The number of anilines is 3. The van der Waals surface area contributed by atoms with Crippen molar-refractivity contribution in [3.63, 3.8) is 0 Å². The normalized spacial score (nSPS) is 13.1. The quantitative estimate of drug-likeness (QED) is 0.167. The van der Waals surface area contributed by atoms with Crippen LogP contribution in [0.4, 0.5) is 17.1 Å².